The van der Waals surface area contributed by atoms with E-state index in [1.54, 1.807) is 13.3 Å². The summed E-state index contributed by atoms with van der Waals surface area (Å²) in [7, 11) is 1.66. The Morgan fingerprint density at radius 3 is 2.54 bits per heavy atom. The lowest BCUT2D eigenvalue weighted by Gasteiger charge is -2.20. The lowest BCUT2D eigenvalue weighted by atomic mass is 10.3. The van der Waals surface area contributed by atoms with Crippen molar-refractivity contribution in [3.05, 3.63) is 18.5 Å². The number of hydrogen-bond acceptors (Lipinski definition) is 3. The number of aromatic nitrogens is 1. The van der Waals surface area contributed by atoms with Crippen LogP contribution in [0.2, 0.25) is 0 Å². The van der Waals surface area contributed by atoms with Gasteiger partial charge in [-0.15, -0.1) is 0 Å². The average molecular weight is 180 g/mol. The monoisotopic (exact) mass is 180 g/mol. The highest BCUT2D eigenvalue weighted by atomic mass is 16.5. The number of rotatable bonds is 4. The summed E-state index contributed by atoms with van der Waals surface area (Å²) in [6, 6.07) is 2.00. The van der Waals surface area contributed by atoms with E-state index in [9.17, 15) is 0 Å². The number of methoxy groups -OCH3 is 1. The second kappa shape index (κ2) is 4.70. The van der Waals surface area contributed by atoms with Crippen molar-refractivity contribution in [3.63, 3.8) is 0 Å². The second-order valence-corrected chi connectivity index (χ2v) is 2.76. The van der Waals surface area contributed by atoms with Crippen molar-refractivity contribution >= 4 is 5.69 Å². The minimum absolute atomic E-state index is 0.810. The van der Waals surface area contributed by atoms with Gasteiger partial charge in [-0.3, -0.25) is 4.98 Å². The van der Waals surface area contributed by atoms with Crippen LogP contribution in [0.4, 0.5) is 5.69 Å². The van der Waals surface area contributed by atoms with E-state index < -0.39 is 0 Å². The molecule has 0 atom stereocenters. The molecule has 1 heterocycles. The molecule has 0 bridgehead atoms. The SMILES string of the molecule is CCN(CC)c1cncc(OC)c1. The molecule has 0 aromatic carbocycles. The van der Waals surface area contributed by atoms with Crippen LogP contribution in [0.25, 0.3) is 0 Å². The summed E-state index contributed by atoms with van der Waals surface area (Å²) < 4.78 is 5.10. The summed E-state index contributed by atoms with van der Waals surface area (Å²) in [6.45, 7) is 6.24. The van der Waals surface area contributed by atoms with Crippen molar-refractivity contribution in [1.82, 2.24) is 4.98 Å². The first-order valence-corrected chi connectivity index (χ1v) is 4.55. The molecule has 0 saturated carbocycles. The molecular formula is C10H16N2O. The first-order chi connectivity index (χ1) is 6.31. The molecule has 0 aliphatic heterocycles. The van der Waals surface area contributed by atoms with Crippen molar-refractivity contribution in [2.24, 2.45) is 0 Å². The maximum absolute atomic E-state index is 5.10. The van der Waals surface area contributed by atoms with E-state index in [2.05, 4.69) is 23.7 Å². The fourth-order valence-electron chi connectivity index (χ4n) is 1.28. The van der Waals surface area contributed by atoms with Crippen molar-refractivity contribution in [2.75, 3.05) is 25.1 Å². The second-order valence-electron chi connectivity index (χ2n) is 2.76. The minimum Gasteiger partial charge on any atom is -0.495 e. The van der Waals surface area contributed by atoms with E-state index in [4.69, 9.17) is 4.74 Å². The predicted octanol–water partition coefficient (Wildman–Crippen LogP) is 1.94. The first kappa shape index (κ1) is 9.84. The molecular weight excluding hydrogens is 164 g/mol. The lowest BCUT2D eigenvalue weighted by Crippen LogP contribution is -2.21. The highest BCUT2D eigenvalue weighted by Crippen LogP contribution is 2.18. The standard InChI is InChI=1S/C10H16N2O/c1-4-12(5-2)9-6-10(13-3)8-11-7-9/h6-8H,4-5H2,1-3H3. The Morgan fingerprint density at radius 1 is 1.31 bits per heavy atom. The van der Waals surface area contributed by atoms with Gasteiger partial charge in [0.2, 0.25) is 0 Å². The van der Waals surface area contributed by atoms with Gasteiger partial charge in [0.15, 0.2) is 0 Å². The molecule has 0 saturated heterocycles. The highest BCUT2D eigenvalue weighted by molar-refractivity contribution is 5.47. The Kier molecular flexibility index (Phi) is 3.55. The molecule has 13 heavy (non-hydrogen) atoms. The van der Waals surface area contributed by atoms with E-state index in [-0.39, 0.29) is 0 Å². The number of hydrogen-bond donors (Lipinski definition) is 0. The van der Waals surface area contributed by atoms with E-state index in [0.717, 1.165) is 24.5 Å². The number of pyridine rings is 1. The maximum atomic E-state index is 5.10. The molecule has 0 spiro atoms. The van der Waals surface area contributed by atoms with Crippen LogP contribution >= 0.6 is 0 Å². The number of ether oxygens (including phenoxy) is 1. The minimum atomic E-state index is 0.810. The van der Waals surface area contributed by atoms with Gasteiger partial charge in [0.25, 0.3) is 0 Å². The van der Waals surface area contributed by atoms with Gasteiger partial charge in [0.1, 0.15) is 5.75 Å². The summed E-state index contributed by atoms with van der Waals surface area (Å²) in [4.78, 5) is 6.34. The molecule has 72 valence electrons. The fraction of sp³-hybridized carbons (Fsp3) is 0.500. The summed E-state index contributed by atoms with van der Waals surface area (Å²) in [6.07, 6.45) is 3.57. The van der Waals surface area contributed by atoms with E-state index >= 15 is 0 Å². The number of nitrogens with zero attached hydrogens (tertiary/aromatic N) is 2. The predicted molar refractivity (Wildman–Crippen MR) is 54.4 cm³/mol. The summed E-state index contributed by atoms with van der Waals surface area (Å²) in [5, 5.41) is 0. The highest BCUT2D eigenvalue weighted by Gasteiger charge is 2.02. The molecule has 0 fully saturated rings. The maximum Gasteiger partial charge on any atom is 0.139 e. The van der Waals surface area contributed by atoms with Gasteiger partial charge in [0, 0.05) is 19.2 Å². The smallest absolute Gasteiger partial charge is 0.139 e. The van der Waals surface area contributed by atoms with Gasteiger partial charge in [-0.25, -0.2) is 0 Å². The van der Waals surface area contributed by atoms with Crippen molar-refractivity contribution in [1.29, 1.82) is 0 Å². The molecule has 1 aromatic rings. The van der Waals surface area contributed by atoms with Crippen LogP contribution in [0.5, 0.6) is 5.75 Å². The van der Waals surface area contributed by atoms with Crippen molar-refractivity contribution < 1.29 is 4.74 Å². The van der Waals surface area contributed by atoms with Gasteiger partial charge >= 0.3 is 0 Å². The van der Waals surface area contributed by atoms with E-state index in [1.807, 2.05) is 12.3 Å². The third-order valence-corrected chi connectivity index (χ3v) is 2.06. The largest absolute Gasteiger partial charge is 0.495 e. The van der Waals surface area contributed by atoms with Crippen LogP contribution in [0.1, 0.15) is 13.8 Å². The molecule has 0 radical (unpaired) electrons. The zero-order valence-electron chi connectivity index (χ0n) is 8.45. The van der Waals surface area contributed by atoms with E-state index in [1.165, 1.54) is 0 Å². The molecule has 0 unspecified atom stereocenters. The Morgan fingerprint density at radius 2 is 2.00 bits per heavy atom. The first-order valence-electron chi connectivity index (χ1n) is 4.55. The summed E-state index contributed by atoms with van der Waals surface area (Å²) in [5.74, 6) is 0.810. The summed E-state index contributed by atoms with van der Waals surface area (Å²) in [5.41, 5.74) is 1.12. The van der Waals surface area contributed by atoms with Crippen LogP contribution in [0.3, 0.4) is 0 Å². The fourth-order valence-corrected chi connectivity index (χ4v) is 1.28. The summed E-state index contributed by atoms with van der Waals surface area (Å²) >= 11 is 0. The molecule has 3 heteroatoms. The third-order valence-electron chi connectivity index (χ3n) is 2.06. The van der Waals surface area contributed by atoms with Crippen LogP contribution in [0.15, 0.2) is 18.5 Å². The van der Waals surface area contributed by atoms with E-state index in [0.29, 0.717) is 0 Å². The van der Waals surface area contributed by atoms with Crippen LogP contribution in [-0.4, -0.2) is 25.2 Å². The van der Waals surface area contributed by atoms with Crippen LogP contribution in [0, 0.1) is 0 Å². The molecule has 0 amide bonds. The molecule has 1 rings (SSSR count). The normalized spacial score (nSPS) is 9.77. The van der Waals surface area contributed by atoms with Gasteiger partial charge in [-0.2, -0.15) is 0 Å². The van der Waals surface area contributed by atoms with Crippen LogP contribution < -0.4 is 9.64 Å². The van der Waals surface area contributed by atoms with Gasteiger partial charge in [0.05, 0.1) is 25.2 Å². The molecule has 0 N–H and O–H groups in total. The Hall–Kier alpha value is -1.25. The molecule has 0 aliphatic carbocycles. The third kappa shape index (κ3) is 2.34. The lowest BCUT2D eigenvalue weighted by molar-refractivity contribution is 0.413. The van der Waals surface area contributed by atoms with Gasteiger partial charge in [-0.1, -0.05) is 0 Å². The Bertz CT molecular complexity index is 259. The Balaban J connectivity index is 2.86. The Labute approximate surface area is 79.3 Å². The average Bonchev–Trinajstić information content (AvgIpc) is 2.20. The van der Waals surface area contributed by atoms with Crippen molar-refractivity contribution in [3.8, 4) is 5.75 Å². The zero-order chi connectivity index (χ0) is 9.68. The molecule has 1 aromatic heterocycles. The van der Waals surface area contributed by atoms with Crippen LogP contribution in [-0.2, 0) is 0 Å². The van der Waals surface area contributed by atoms with Gasteiger partial charge in [-0.05, 0) is 13.8 Å². The topological polar surface area (TPSA) is 25.4 Å². The quantitative estimate of drug-likeness (QED) is 0.708. The van der Waals surface area contributed by atoms with Crippen molar-refractivity contribution in [2.45, 2.75) is 13.8 Å². The molecule has 3 nitrogen and oxygen atoms in total. The molecule has 0 aliphatic rings. The van der Waals surface area contributed by atoms with Gasteiger partial charge < -0.3 is 9.64 Å². The zero-order valence-corrected chi connectivity index (χ0v) is 8.45. The number of anilines is 1.